The number of halogens is 1. The van der Waals surface area contributed by atoms with Gasteiger partial charge in [-0.15, -0.1) is 0 Å². The molecule has 0 saturated carbocycles. The maximum Gasteiger partial charge on any atom is 0.253 e. The average molecular weight is 425 g/mol. The van der Waals surface area contributed by atoms with E-state index in [1.54, 1.807) is 29.2 Å². The Morgan fingerprint density at radius 2 is 2.00 bits per heavy atom. The fraction of sp³-hybridized carbons (Fsp3) is 0.318. The Hall–Kier alpha value is -2.90. The van der Waals surface area contributed by atoms with Crippen LogP contribution in [0, 0.1) is 0 Å². The minimum atomic E-state index is -0.656. The fourth-order valence-corrected chi connectivity index (χ4v) is 4.38. The number of benzene rings is 2. The van der Waals surface area contributed by atoms with E-state index in [0.717, 1.165) is 23.9 Å². The molecule has 2 aliphatic heterocycles. The van der Waals surface area contributed by atoms with Crippen molar-refractivity contribution in [2.45, 2.75) is 31.4 Å². The highest BCUT2D eigenvalue weighted by atomic mass is 35.5. The largest absolute Gasteiger partial charge is 0.376 e. The van der Waals surface area contributed by atoms with Gasteiger partial charge in [0.25, 0.3) is 5.91 Å². The molecule has 0 bridgehead atoms. The summed E-state index contributed by atoms with van der Waals surface area (Å²) < 4.78 is 7.61. The molecule has 0 aliphatic carbocycles. The molecule has 2 amide bonds. The molecule has 3 heterocycles. The maximum atomic E-state index is 13.3. The van der Waals surface area contributed by atoms with Gasteiger partial charge >= 0.3 is 0 Å². The van der Waals surface area contributed by atoms with Crippen molar-refractivity contribution in [1.29, 1.82) is 0 Å². The third kappa shape index (κ3) is 3.34. The molecular weight excluding hydrogens is 404 g/mol. The Bertz CT molecular complexity index is 1120. The van der Waals surface area contributed by atoms with E-state index in [9.17, 15) is 9.59 Å². The number of imidazole rings is 1. The Kier molecular flexibility index (Phi) is 4.92. The molecule has 1 aromatic heterocycles. The predicted molar refractivity (Wildman–Crippen MR) is 115 cm³/mol. The number of amides is 2. The van der Waals surface area contributed by atoms with Crippen molar-refractivity contribution in [3.05, 3.63) is 53.6 Å². The zero-order valence-corrected chi connectivity index (χ0v) is 17.0. The van der Waals surface area contributed by atoms with Crippen molar-refractivity contribution < 1.29 is 14.3 Å². The Balaban J connectivity index is 1.45. The van der Waals surface area contributed by atoms with Crippen LogP contribution in [0.4, 0.5) is 11.6 Å². The summed E-state index contributed by atoms with van der Waals surface area (Å²) in [5, 5.41) is 3.27. The number of rotatable bonds is 5. The third-order valence-corrected chi connectivity index (χ3v) is 5.95. The second-order valence-corrected chi connectivity index (χ2v) is 8.01. The van der Waals surface area contributed by atoms with Crippen LogP contribution in [0.5, 0.6) is 0 Å². The fourth-order valence-electron chi connectivity index (χ4n) is 4.20. The van der Waals surface area contributed by atoms with E-state index >= 15 is 0 Å². The molecule has 0 unspecified atom stereocenters. The van der Waals surface area contributed by atoms with E-state index in [0.29, 0.717) is 29.8 Å². The van der Waals surface area contributed by atoms with Crippen LogP contribution in [0.2, 0.25) is 5.02 Å². The Morgan fingerprint density at radius 3 is 2.80 bits per heavy atom. The standard InChI is InChI=1S/C22H21ClN4O3/c23-15-7-1-2-8-16(15)24-20(28)12-19-21(29)26(13-14-6-5-11-30-14)22-25-17-9-3-4-10-18(17)27(19)22/h1-4,7-10,14,19H,5-6,11-13H2,(H,24,28)/t14-,19-/m1/s1. The highest BCUT2D eigenvalue weighted by molar-refractivity contribution is 6.33. The summed E-state index contributed by atoms with van der Waals surface area (Å²) in [6, 6.07) is 14.0. The summed E-state index contributed by atoms with van der Waals surface area (Å²) in [5.41, 5.74) is 2.17. The monoisotopic (exact) mass is 424 g/mol. The lowest BCUT2D eigenvalue weighted by atomic mass is 10.1. The van der Waals surface area contributed by atoms with Crippen LogP contribution in [0.1, 0.15) is 25.3 Å². The van der Waals surface area contributed by atoms with Crippen LogP contribution < -0.4 is 10.2 Å². The van der Waals surface area contributed by atoms with Gasteiger partial charge in [-0.2, -0.15) is 0 Å². The number of nitrogens with one attached hydrogen (secondary N) is 1. The predicted octanol–water partition coefficient (Wildman–Crippen LogP) is 3.79. The zero-order chi connectivity index (χ0) is 20.7. The molecular formula is C22H21ClN4O3. The van der Waals surface area contributed by atoms with Gasteiger partial charge in [0.2, 0.25) is 11.9 Å². The van der Waals surface area contributed by atoms with Crippen LogP contribution in [0.3, 0.4) is 0 Å². The number of para-hydroxylation sites is 3. The van der Waals surface area contributed by atoms with Crippen LogP contribution in [0.25, 0.3) is 11.0 Å². The van der Waals surface area contributed by atoms with E-state index in [1.165, 1.54) is 0 Å². The maximum absolute atomic E-state index is 13.3. The van der Waals surface area contributed by atoms with E-state index in [2.05, 4.69) is 10.3 Å². The topological polar surface area (TPSA) is 76.5 Å². The Morgan fingerprint density at radius 1 is 1.20 bits per heavy atom. The summed E-state index contributed by atoms with van der Waals surface area (Å²) in [4.78, 5) is 32.5. The van der Waals surface area contributed by atoms with Crippen molar-refractivity contribution in [1.82, 2.24) is 9.55 Å². The smallest absolute Gasteiger partial charge is 0.253 e. The number of fused-ring (bicyclic) bond motifs is 3. The van der Waals surface area contributed by atoms with Crippen molar-refractivity contribution in [2.75, 3.05) is 23.4 Å². The summed E-state index contributed by atoms with van der Waals surface area (Å²) in [5.74, 6) is 0.171. The highest BCUT2D eigenvalue weighted by Gasteiger charge is 2.42. The second-order valence-electron chi connectivity index (χ2n) is 7.60. The molecule has 154 valence electrons. The van der Waals surface area contributed by atoms with Crippen molar-refractivity contribution >= 4 is 46.1 Å². The normalized spacial score (nSPS) is 20.7. The number of nitrogens with zero attached hydrogens (tertiary/aromatic N) is 3. The summed E-state index contributed by atoms with van der Waals surface area (Å²) in [6.45, 7) is 1.16. The SMILES string of the molecule is O=C(C[C@@H]1C(=O)N(C[C@H]2CCCO2)c2nc3ccccc3n21)Nc1ccccc1Cl. The first kappa shape index (κ1) is 19.1. The summed E-state index contributed by atoms with van der Waals surface area (Å²) in [6.07, 6.45) is 1.91. The molecule has 1 fully saturated rings. The van der Waals surface area contributed by atoms with Gasteiger partial charge in [-0.25, -0.2) is 4.98 Å². The molecule has 3 aromatic rings. The van der Waals surface area contributed by atoms with Gasteiger partial charge in [0, 0.05) is 6.61 Å². The molecule has 0 radical (unpaired) electrons. The first-order chi connectivity index (χ1) is 14.6. The van der Waals surface area contributed by atoms with Gasteiger partial charge in [-0.3, -0.25) is 19.1 Å². The lowest BCUT2D eigenvalue weighted by Gasteiger charge is -2.19. The number of carbonyl (C=O) groups excluding carboxylic acids is 2. The average Bonchev–Trinajstić information content (AvgIpc) is 3.44. The molecule has 1 saturated heterocycles. The number of carbonyl (C=O) groups is 2. The minimum absolute atomic E-state index is 0.000561. The molecule has 2 aromatic carbocycles. The lowest BCUT2D eigenvalue weighted by molar-refractivity contribution is -0.124. The molecule has 30 heavy (non-hydrogen) atoms. The van der Waals surface area contributed by atoms with Crippen LogP contribution in [-0.2, 0) is 14.3 Å². The number of anilines is 2. The minimum Gasteiger partial charge on any atom is -0.376 e. The lowest BCUT2D eigenvalue weighted by Crippen LogP contribution is -2.37. The molecule has 1 N–H and O–H groups in total. The molecule has 5 rings (SSSR count). The summed E-state index contributed by atoms with van der Waals surface area (Å²) in [7, 11) is 0. The molecule has 7 nitrogen and oxygen atoms in total. The van der Waals surface area contributed by atoms with E-state index < -0.39 is 6.04 Å². The van der Waals surface area contributed by atoms with Gasteiger partial charge < -0.3 is 10.1 Å². The van der Waals surface area contributed by atoms with E-state index in [-0.39, 0.29) is 24.3 Å². The van der Waals surface area contributed by atoms with Crippen LogP contribution >= 0.6 is 11.6 Å². The zero-order valence-electron chi connectivity index (χ0n) is 16.3. The number of hydrogen-bond donors (Lipinski definition) is 1. The van der Waals surface area contributed by atoms with Gasteiger partial charge in [-0.05, 0) is 37.1 Å². The molecule has 0 spiro atoms. The molecule has 8 heteroatoms. The van der Waals surface area contributed by atoms with Crippen LogP contribution in [0.15, 0.2) is 48.5 Å². The number of hydrogen-bond acceptors (Lipinski definition) is 4. The van der Waals surface area contributed by atoms with Gasteiger partial charge in [-0.1, -0.05) is 35.9 Å². The van der Waals surface area contributed by atoms with E-state index in [1.807, 2.05) is 28.8 Å². The van der Waals surface area contributed by atoms with Crippen molar-refractivity contribution in [3.63, 3.8) is 0 Å². The number of aromatic nitrogens is 2. The summed E-state index contributed by atoms with van der Waals surface area (Å²) >= 11 is 6.15. The van der Waals surface area contributed by atoms with E-state index in [4.69, 9.17) is 16.3 Å². The number of ether oxygens (including phenoxy) is 1. The first-order valence-electron chi connectivity index (χ1n) is 10.1. The van der Waals surface area contributed by atoms with Gasteiger partial charge in [0.1, 0.15) is 6.04 Å². The van der Waals surface area contributed by atoms with Crippen LogP contribution in [-0.4, -0.2) is 40.6 Å². The van der Waals surface area contributed by atoms with Gasteiger partial charge in [0.15, 0.2) is 0 Å². The van der Waals surface area contributed by atoms with Gasteiger partial charge in [0.05, 0.1) is 40.8 Å². The molecule has 2 atom stereocenters. The van der Waals surface area contributed by atoms with Crippen molar-refractivity contribution in [2.24, 2.45) is 0 Å². The third-order valence-electron chi connectivity index (χ3n) is 5.62. The second kappa shape index (κ2) is 7.74. The van der Waals surface area contributed by atoms with Crippen molar-refractivity contribution in [3.8, 4) is 0 Å². The quantitative estimate of drug-likeness (QED) is 0.676. The Labute approximate surface area is 178 Å². The molecule has 2 aliphatic rings. The highest BCUT2D eigenvalue weighted by Crippen LogP contribution is 2.37. The first-order valence-corrected chi connectivity index (χ1v) is 10.4.